The van der Waals surface area contributed by atoms with Gasteiger partial charge in [-0.25, -0.2) is 9.59 Å². The van der Waals surface area contributed by atoms with Gasteiger partial charge in [-0.15, -0.1) is 0 Å². The predicted octanol–water partition coefficient (Wildman–Crippen LogP) is 1.57. The number of carbonyl (C=O) groups excluding carboxylic acids is 3. The zero-order chi connectivity index (χ0) is 14.9. The van der Waals surface area contributed by atoms with E-state index in [0.29, 0.717) is 24.0 Å². The Hall–Kier alpha value is -1.91. The Morgan fingerprint density at radius 2 is 2.05 bits per heavy atom. The summed E-state index contributed by atoms with van der Waals surface area (Å²) in [6.45, 7) is 9.29. The summed E-state index contributed by atoms with van der Waals surface area (Å²) in [6, 6.07) is 0. The summed E-state index contributed by atoms with van der Waals surface area (Å²) in [4.78, 5) is 34.5. The Kier molecular flexibility index (Phi) is 4.06. The van der Waals surface area contributed by atoms with E-state index in [0.717, 1.165) is 0 Å². The molecule has 5 nitrogen and oxygen atoms in total. The molecule has 2 fully saturated rings. The molecule has 0 aromatic rings. The van der Waals surface area contributed by atoms with Gasteiger partial charge in [-0.1, -0.05) is 20.1 Å². The van der Waals surface area contributed by atoms with Crippen LogP contribution in [-0.4, -0.2) is 30.4 Å². The average molecular weight is 278 g/mol. The summed E-state index contributed by atoms with van der Waals surface area (Å²) in [6.07, 6.45) is 0.942. The normalized spacial score (nSPS) is 27.4. The molecule has 0 unspecified atom stereocenters. The smallest absolute Gasteiger partial charge is 0.333 e. The zero-order valence-corrected chi connectivity index (χ0v) is 11.5. The number of rotatable bonds is 5. The van der Waals surface area contributed by atoms with E-state index in [1.807, 2.05) is 0 Å². The number of hydrogen-bond donors (Lipinski definition) is 0. The van der Waals surface area contributed by atoms with Gasteiger partial charge in [-0.2, -0.15) is 0 Å². The quantitative estimate of drug-likeness (QED) is 0.564. The third kappa shape index (κ3) is 2.98. The Balaban J connectivity index is 1.84. The number of esters is 2. The van der Waals surface area contributed by atoms with Crippen molar-refractivity contribution in [3.63, 3.8) is 0 Å². The largest absolute Gasteiger partial charge is 0.462 e. The van der Waals surface area contributed by atoms with Crippen molar-refractivity contribution in [1.82, 2.24) is 0 Å². The minimum Gasteiger partial charge on any atom is -0.462 e. The monoisotopic (exact) mass is 278 g/mol. The number of carbonyl (C=O) groups is 3. The number of Topliss-reactive ketones (excluding diaryl/α,β-unsaturated/α-hetero) is 1. The van der Waals surface area contributed by atoms with Crippen LogP contribution in [0.4, 0.5) is 0 Å². The average Bonchev–Trinajstić information content (AvgIpc) is 2.86. The molecule has 0 bridgehead atoms. The maximum atomic E-state index is 12.1. The molecule has 5 heteroatoms. The fourth-order valence-corrected chi connectivity index (χ4v) is 2.45. The molecule has 3 atom stereocenters. The summed E-state index contributed by atoms with van der Waals surface area (Å²) < 4.78 is 9.96. The van der Waals surface area contributed by atoms with Crippen LogP contribution in [0.25, 0.3) is 0 Å². The van der Waals surface area contributed by atoms with Gasteiger partial charge in [0.15, 0.2) is 0 Å². The second-order valence-corrected chi connectivity index (χ2v) is 5.46. The lowest BCUT2D eigenvalue weighted by atomic mass is 9.89. The minimum absolute atomic E-state index is 0.0306. The third-order valence-electron chi connectivity index (χ3n) is 3.82. The maximum absolute atomic E-state index is 12.1. The molecule has 0 amide bonds. The van der Waals surface area contributed by atoms with E-state index in [-0.39, 0.29) is 42.7 Å². The van der Waals surface area contributed by atoms with Crippen molar-refractivity contribution in [1.29, 1.82) is 0 Å². The summed E-state index contributed by atoms with van der Waals surface area (Å²) in [5.74, 6) is -1.22. The fourth-order valence-electron chi connectivity index (χ4n) is 2.45. The highest BCUT2D eigenvalue weighted by molar-refractivity contribution is 5.92. The van der Waals surface area contributed by atoms with Gasteiger partial charge < -0.3 is 9.47 Å². The van der Waals surface area contributed by atoms with Crippen LogP contribution in [0.3, 0.4) is 0 Å². The Bertz CT molecular complexity index is 474. The van der Waals surface area contributed by atoms with Gasteiger partial charge in [-0.05, 0) is 6.42 Å². The molecule has 2 heterocycles. The van der Waals surface area contributed by atoms with Gasteiger partial charge >= 0.3 is 11.9 Å². The van der Waals surface area contributed by atoms with Crippen molar-refractivity contribution in [2.75, 3.05) is 6.61 Å². The first-order chi connectivity index (χ1) is 9.38. The number of ether oxygens (including phenoxy) is 2. The van der Waals surface area contributed by atoms with Gasteiger partial charge in [0.2, 0.25) is 0 Å². The van der Waals surface area contributed by atoms with E-state index in [1.165, 1.54) is 0 Å². The van der Waals surface area contributed by atoms with Gasteiger partial charge in [0.05, 0.1) is 6.61 Å². The molecule has 0 aromatic carbocycles. The van der Waals surface area contributed by atoms with Crippen LogP contribution >= 0.6 is 0 Å². The first-order valence-corrected chi connectivity index (χ1v) is 6.66. The third-order valence-corrected chi connectivity index (χ3v) is 3.82. The molecule has 0 aliphatic carbocycles. The van der Waals surface area contributed by atoms with Gasteiger partial charge in [0, 0.05) is 35.8 Å². The molecule has 2 aliphatic rings. The van der Waals surface area contributed by atoms with Crippen molar-refractivity contribution >= 4 is 17.7 Å². The van der Waals surface area contributed by atoms with Crippen molar-refractivity contribution < 1.29 is 23.9 Å². The highest BCUT2D eigenvalue weighted by Gasteiger charge is 2.34. The number of hydrogen-bond acceptors (Lipinski definition) is 5. The van der Waals surface area contributed by atoms with E-state index in [9.17, 15) is 14.4 Å². The molecule has 0 saturated carbocycles. The molecule has 20 heavy (non-hydrogen) atoms. The van der Waals surface area contributed by atoms with Crippen LogP contribution in [0, 0.1) is 11.8 Å². The van der Waals surface area contributed by atoms with E-state index in [4.69, 9.17) is 9.47 Å². The molecule has 0 spiro atoms. The van der Waals surface area contributed by atoms with Gasteiger partial charge in [-0.3, -0.25) is 4.79 Å². The predicted molar refractivity (Wildman–Crippen MR) is 70.6 cm³/mol. The van der Waals surface area contributed by atoms with Crippen molar-refractivity contribution in [3.05, 3.63) is 24.3 Å². The first-order valence-electron chi connectivity index (χ1n) is 6.66. The van der Waals surface area contributed by atoms with Crippen LogP contribution in [0.15, 0.2) is 24.3 Å². The molecular formula is C15H18O5. The van der Waals surface area contributed by atoms with Crippen LogP contribution in [0.5, 0.6) is 0 Å². The van der Waals surface area contributed by atoms with E-state index in [2.05, 4.69) is 13.2 Å². The summed E-state index contributed by atoms with van der Waals surface area (Å²) in [7, 11) is 0. The van der Waals surface area contributed by atoms with Crippen LogP contribution < -0.4 is 0 Å². The maximum Gasteiger partial charge on any atom is 0.333 e. The summed E-state index contributed by atoms with van der Waals surface area (Å²) >= 11 is 0. The zero-order valence-electron chi connectivity index (χ0n) is 11.5. The SMILES string of the molecule is C=C1C[C@H](C[C@@H](C)C(=O)C[C@H]2COC(=O)C2=C)OC1=O. The molecule has 2 rings (SSSR count). The summed E-state index contributed by atoms with van der Waals surface area (Å²) in [5.41, 5.74) is 0.823. The Labute approximate surface area is 117 Å². The Morgan fingerprint density at radius 3 is 2.55 bits per heavy atom. The topological polar surface area (TPSA) is 69.7 Å². The molecule has 108 valence electrons. The van der Waals surface area contributed by atoms with Crippen LogP contribution in [0.2, 0.25) is 0 Å². The Morgan fingerprint density at radius 1 is 1.35 bits per heavy atom. The van der Waals surface area contributed by atoms with Gasteiger partial charge in [0.1, 0.15) is 11.9 Å². The van der Waals surface area contributed by atoms with Crippen LogP contribution in [-0.2, 0) is 23.9 Å². The molecule has 2 saturated heterocycles. The standard InChI is InChI=1S/C15H18O5/c1-8(4-12-5-9(2)14(17)20-12)13(16)6-11-7-19-15(18)10(11)3/h8,11-12H,2-7H2,1H3/t8-,11+,12+/m1/s1. The van der Waals surface area contributed by atoms with Gasteiger partial charge in [0.25, 0.3) is 0 Å². The molecule has 2 aliphatic heterocycles. The first kappa shape index (κ1) is 14.5. The van der Waals surface area contributed by atoms with E-state index >= 15 is 0 Å². The molecular weight excluding hydrogens is 260 g/mol. The summed E-state index contributed by atoms with van der Waals surface area (Å²) in [5, 5.41) is 0. The molecule has 0 N–H and O–H groups in total. The number of ketones is 1. The lowest BCUT2D eigenvalue weighted by Crippen LogP contribution is -2.21. The number of cyclic esters (lactones) is 2. The van der Waals surface area contributed by atoms with Crippen LogP contribution in [0.1, 0.15) is 26.2 Å². The highest BCUT2D eigenvalue weighted by Crippen LogP contribution is 2.28. The second kappa shape index (κ2) is 5.61. The lowest BCUT2D eigenvalue weighted by Gasteiger charge is -2.16. The fraction of sp³-hybridized carbons (Fsp3) is 0.533. The second-order valence-electron chi connectivity index (χ2n) is 5.46. The molecule has 0 aromatic heterocycles. The minimum atomic E-state index is -0.420. The van der Waals surface area contributed by atoms with Crippen molar-refractivity contribution in [3.8, 4) is 0 Å². The lowest BCUT2D eigenvalue weighted by molar-refractivity contribution is -0.140. The van der Waals surface area contributed by atoms with E-state index < -0.39 is 5.97 Å². The van der Waals surface area contributed by atoms with Crippen molar-refractivity contribution in [2.24, 2.45) is 11.8 Å². The van der Waals surface area contributed by atoms with E-state index in [1.54, 1.807) is 6.92 Å². The van der Waals surface area contributed by atoms with Crippen molar-refractivity contribution in [2.45, 2.75) is 32.3 Å². The highest BCUT2D eigenvalue weighted by atomic mass is 16.6. The molecule has 0 radical (unpaired) electrons.